The highest BCUT2D eigenvalue weighted by Gasteiger charge is 2.02. The lowest BCUT2D eigenvalue weighted by Gasteiger charge is -2.07. The predicted molar refractivity (Wildman–Crippen MR) is 70.4 cm³/mol. The lowest BCUT2D eigenvalue weighted by molar-refractivity contribution is -0.123. The molecule has 0 aliphatic heterocycles. The van der Waals surface area contributed by atoms with E-state index in [4.69, 9.17) is 4.74 Å². The number of hydrogen-bond donors (Lipinski definition) is 2. The van der Waals surface area contributed by atoms with E-state index in [0.717, 1.165) is 25.2 Å². The highest BCUT2D eigenvalue weighted by molar-refractivity contribution is 5.77. The quantitative estimate of drug-likeness (QED) is 0.726. The van der Waals surface area contributed by atoms with Crippen molar-refractivity contribution in [1.82, 2.24) is 15.6 Å². The van der Waals surface area contributed by atoms with Gasteiger partial charge in [0.15, 0.2) is 6.61 Å². The Morgan fingerprint density at radius 3 is 2.83 bits per heavy atom. The fourth-order valence-corrected chi connectivity index (χ4v) is 1.32. The summed E-state index contributed by atoms with van der Waals surface area (Å²) >= 11 is 0. The van der Waals surface area contributed by atoms with E-state index in [1.165, 1.54) is 0 Å². The lowest BCUT2D eigenvalue weighted by atomic mass is 10.3. The molecule has 0 radical (unpaired) electrons. The fraction of sp³-hybridized carbons (Fsp3) is 0.538. The smallest absolute Gasteiger partial charge is 0.257 e. The molecule has 0 bridgehead atoms. The summed E-state index contributed by atoms with van der Waals surface area (Å²) in [6.45, 7) is 6.43. The van der Waals surface area contributed by atoms with E-state index in [0.29, 0.717) is 12.3 Å². The van der Waals surface area contributed by atoms with Crippen molar-refractivity contribution in [3.8, 4) is 5.75 Å². The van der Waals surface area contributed by atoms with Crippen LogP contribution in [-0.2, 0) is 11.3 Å². The first-order valence-electron chi connectivity index (χ1n) is 6.31. The molecule has 1 rings (SSSR count). The van der Waals surface area contributed by atoms with E-state index in [1.54, 1.807) is 6.20 Å². The first kappa shape index (κ1) is 14.4. The number of carbonyl (C=O) groups excluding carboxylic acids is 1. The normalized spacial score (nSPS) is 10.1. The third-order valence-corrected chi connectivity index (χ3v) is 2.30. The Hall–Kier alpha value is -1.62. The Bertz CT molecular complexity index is 352. The number of nitrogens with zero attached hydrogens (tertiary/aromatic N) is 1. The van der Waals surface area contributed by atoms with Gasteiger partial charge in [0, 0.05) is 13.1 Å². The van der Waals surface area contributed by atoms with Crippen LogP contribution in [-0.4, -0.2) is 30.6 Å². The monoisotopic (exact) mass is 251 g/mol. The van der Waals surface area contributed by atoms with Crippen molar-refractivity contribution in [2.45, 2.75) is 26.8 Å². The second-order valence-corrected chi connectivity index (χ2v) is 3.90. The van der Waals surface area contributed by atoms with Gasteiger partial charge < -0.3 is 15.4 Å². The largest absolute Gasteiger partial charge is 0.482 e. The Kier molecular flexibility index (Phi) is 6.79. The molecule has 5 heteroatoms. The van der Waals surface area contributed by atoms with Crippen LogP contribution in [0, 0.1) is 0 Å². The third-order valence-electron chi connectivity index (χ3n) is 2.30. The van der Waals surface area contributed by atoms with E-state index in [9.17, 15) is 4.79 Å². The maximum Gasteiger partial charge on any atom is 0.257 e. The van der Waals surface area contributed by atoms with Gasteiger partial charge in [-0.15, -0.1) is 0 Å². The van der Waals surface area contributed by atoms with Crippen molar-refractivity contribution >= 4 is 5.91 Å². The van der Waals surface area contributed by atoms with Gasteiger partial charge in [0.2, 0.25) is 0 Å². The van der Waals surface area contributed by atoms with Gasteiger partial charge >= 0.3 is 0 Å². The van der Waals surface area contributed by atoms with Crippen molar-refractivity contribution in [2.75, 3.05) is 19.7 Å². The van der Waals surface area contributed by atoms with Crippen LogP contribution in [0.4, 0.5) is 0 Å². The number of ether oxygens (including phenoxy) is 1. The minimum atomic E-state index is -0.103. The van der Waals surface area contributed by atoms with Gasteiger partial charge in [0.05, 0.1) is 11.9 Å². The zero-order valence-electron chi connectivity index (χ0n) is 11.0. The lowest BCUT2D eigenvalue weighted by Crippen LogP contribution is -2.29. The molecule has 0 aromatic carbocycles. The van der Waals surface area contributed by atoms with Crippen LogP contribution < -0.4 is 15.4 Å². The molecule has 1 amide bonds. The molecular formula is C13H21N3O2. The van der Waals surface area contributed by atoms with Gasteiger partial charge in [0.25, 0.3) is 5.91 Å². The summed E-state index contributed by atoms with van der Waals surface area (Å²) in [5.41, 5.74) is 0.958. The number of pyridine rings is 1. The highest BCUT2D eigenvalue weighted by atomic mass is 16.5. The summed E-state index contributed by atoms with van der Waals surface area (Å²) in [5.74, 6) is 0.510. The number of carbonyl (C=O) groups is 1. The first-order chi connectivity index (χ1) is 8.76. The minimum absolute atomic E-state index is 0.0359. The van der Waals surface area contributed by atoms with E-state index in [1.807, 2.05) is 26.0 Å². The van der Waals surface area contributed by atoms with Crippen LogP contribution in [0.5, 0.6) is 5.75 Å². The molecule has 0 aliphatic rings. The molecule has 0 unspecified atom stereocenters. The van der Waals surface area contributed by atoms with E-state index < -0.39 is 0 Å². The number of aromatic nitrogens is 1. The highest BCUT2D eigenvalue weighted by Crippen LogP contribution is 2.08. The molecule has 18 heavy (non-hydrogen) atoms. The first-order valence-corrected chi connectivity index (χ1v) is 6.31. The molecule has 5 nitrogen and oxygen atoms in total. The van der Waals surface area contributed by atoms with Crippen LogP contribution in [0.1, 0.15) is 26.0 Å². The Morgan fingerprint density at radius 1 is 1.39 bits per heavy atom. The zero-order valence-corrected chi connectivity index (χ0v) is 11.0. The van der Waals surface area contributed by atoms with Crippen LogP contribution in [0.25, 0.3) is 0 Å². The van der Waals surface area contributed by atoms with Gasteiger partial charge in [-0.1, -0.05) is 13.8 Å². The summed E-state index contributed by atoms with van der Waals surface area (Å²) in [5, 5.41) is 5.94. The molecule has 1 aromatic rings. The van der Waals surface area contributed by atoms with Gasteiger partial charge in [-0.25, -0.2) is 0 Å². The number of rotatable bonds is 8. The molecule has 0 atom stereocenters. The zero-order chi connectivity index (χ0) is 13.2. The van der Waals surface area contributed by atoms with Crippen molar-refractivity contribution in [3.63, 3.8) is 0 Å². The maximum atomic E-state index is 11.3. The standard InChI is InChI=1S/C13H21N3O2/c1-3-7-15-13(17)10-18-12-6-5-11(16-9-12)8-14-4-2/h5-6,9,14H,3-4,7-8,10H2,1-2H3,(H,15,17). The molecule has 1 aromatic heterocycles. The molecule has 1 heterocycles. The average molecular weight is 251 g/mol. The molecule has 100 valence electrons. The van der Waals surface area contributed by atoms with E-state index in [-0.39, 0.29) is 12.5 Å². The van der Waals surface area contributed by atoms with Crippen molar-refractivity contribution < 1.29 is 9.53 Å². The third kappa shape index (κ3) is 5.63. The van der Waals surface area contributed by atoms with Crippen molar-refractivity contribution in [2.24, 2.45) is 0 Å². The van der Waals surface area contributed by atoms with Crippen LogP contribution in [0.3, 0.4) is 0 Å². The average Bonchev–Trinajstić information content (AvgIpc) is 2.41. The molecule has 0 aliphatic carbocycles. The minimum Gasteiger partial charge on any atom is -0.482 e. The van der Waals surface area contributed by atoms with E-state index >= 15 is 0 Å². The molecule has 0 fully saturated rings. The number of hydrogen-bond acceptors (Lipinski definition) is 4. The number of nitrogens with one attached hydrogen (secondary N) is 2. The summed E-state index contributed by atoms with van der Waals surface area (Å²) in [7, 11) is 0. The summed E-state index contributed by atoms with van der Waals surface area (Å²) in [6, 6.07) is 3.72. The molecular weight excluding hydrogens is 230 g/mol. The summed E-state index contributed by atoms with van der Waals surface area (Å²) < 4.78 is 5.33. The van der Waals surface area contributed by atoms with Gasteiger partial charge in [-0.05, 0) is 25.1 Å². The van der Waals surface area contributed by atoms with Crippen LogP contribution in [0.15, 0.2) is 18.3 Å². The van der Waals surface area contributed by atoms with Gasteiger partial charge in [0.1, 0.15) is 5.75 Å². The van der Waals surface area contributed by atoms with Crippen molar-refractivity contribution in [1.29, 1.82) is 0 Å². The Morgan fingerprint density at radius 2 is 2.22 bits per heavy atom. The predicted octanol–water partition coefficient (Wildman–Crippen LogP) is 1.10. The van der Waals surface area contributed by atoms with E-state index in [2.05, 4.69) is 15.6 Å². The number of amides is 1. The van der Waals surface area contributed by atoms with Crippen molar-refractivity contribution in [3.05, 3.63) is 24.0 Å². The summed E-state index contributed by atoms with van der Waals surface area (Å²) in [6.07, 6.45) is 2.56. The van der Waals surface area contributed by atoms with Crippen LogP contribution in [0.2, 0.25) is 0 Å². The second kappa shape index (κ2) is 8.47. The molecule has 2 N–H and O–H groups in total. The maximum absolute atomic E-state index is 11.3. The topological polar surface area (TPSA) is 63.2 Å². The van der Waals surface area contributed by atoms with Gasteiger partial charge in [-0.3, -0.25) is 9.78 Å². The summed E-state index contributed by atoms with van der Waals surface area (Å²) in [4.78, 5) is 15.6. The fourth-order valence-electron chi connectivity index (χ4n) is 1.32. The molecule has 0 saturated carbocycles. The Labute approximate surface area is 108 Å². The Balaban J connectivity index is 2.32. The van der Waals surface area contributed by atoms with Crippen LogP contribution >= 0.6 is 0 Å². The molecule has 0 saturated heterocycles. The second-order valence-electron chi connectivity index (χ2n) is 3.90. The SMILES string of the molecule is CCCNC(=O)COc1ccc(CNCC)nc1. The molecule has 0 spiro atoms. The van der Waals surface area contributed by atoms with Gasteiger partial charge in [-0.2, -0.15) is 0 Å².